The Labute approximate surface area is 157 Å². The maximum absolute atomic E-state index is 12.3. The Hall–Kier alpha value is -2.07. The molecule has 132 valence electrons. The van der Waals surface area contributed by atoms with E-state index in [-0.39, 0.29) is 24.6 Å². The van der Waals surface area contributed by atoms with Gasteiger partial charge in [-0.2, -0.15) is 0 Å². The molecule has 2 aromatic rings. The second kappa shape index (κ2) is 8.86. The summed E-state index contributed by atoms with van der Waals surface area (Å²) in [6, 6.07) is 13.2. The number of ketones is 1. The van der Waals surface area contributed by atoms with E-state index in [1.54, 1.807) is 6.07 Å². The highest BCUT2D eigenvalue weighted by Gasteiger charge is 2.14. The molecule has 0 saturated heterocycles. The lowest BCUT2D eigenvalue weighted by Crippen LogP contribution is -2.15. The van der Waals surface area contributed by atoms with Crippen molar-refractivity contribution >= 4 is 27.5 Å². The fourth-order valence-corrected chi connectivity index (χ4v) is 2.99. The van der Waals surface area contributed by atoms with Gasteiger partial charge in [-0.05, 0) is 41.7 Å². The van der Waals surface area contributed by atoms with Gasteiger partial charge < -0.3 is 9.84 Å². The Morgan fingerprint density at radius 1 is 1.28 bits per heavy atom. The van der Waals surface area contributed by atoms with Gasteiger partial charge in [0.2, 0.25) is 0 Å². The quantitative estimate of drug-likeness (QED) is 0.577. The lowest BCUT2D eigenvalue weighted by Gasteiger charge is -2.15. The van der Waals surface area contributed by atoms with Gasteiger partial charge in [0.25, 0.3) is 0 Å². The highest BCUT2D eigenvalue weighted by molar-refractivity contribution is 9.10. The van der Waals surface area contributed by atoms with E-state index in [1.165, 1.54) is 0 Å². The fourth-order valence-electron chi connectivity index (χ4n) is 2.63. The zero-order valence-electron chi connectivity index (χ0n) is 14.6. The summed E-state index contributed by atoms with van der Waals surface area (Å²) in [5.41, 5.74) is 2.42. The van der Waals surface area contributed by atoms with Crippen LogP contribution in [0.25, 0.3) is 5.76 Å². The third-order valence-corrected chi connectivity index (χ3v) is 4.71. The van der Waals surface area contributed by atoms with E-state index < -0.39 is 0 Å². The van der Waals surface area contributed by atoms with E-state index in [9.17, 15) is 9.90 Å². The van der Waals surface area contributed by atoms with Gasteiger partial charge in [-0.1, -0.05) is 60.6 Å². The molecule has 4 heteroatoms. The number of carbonyl (C=O) groups is 1. The number of carbonyl (C=O) groups excluding carboxylic acids is 1. The van der Waals surface area contributed by atoms with E-state index in [0.29, 0.717) is 11.5 Å². The summed E-state index contributed by atoms with van der Waals surface area (Å²) >= 11 is 3.36. The zero-order valence-corrected chi connectivity index (χ0v) is 16.2. The van der Waals surface area contributed by atoms with Crippen LogP contribution in [0.2, 0.25) is 0 Å². The van der Waals surface area contributed by atoms with Crippen LogP contribution in [0.15, 0.2) is 53.5 Å². The number of para-hydroxylation sites is 1. The maximum Gasteiger partial charge on any atom is 0.174 e. The van der Waals surface area contributed by atoms with Crippen LogP contribution in [-0.2, 0) is 11.2 Å². The molecule has 2 rings (SSSR count). The molecule has 0 aliphatic carbocycles. The number of hydrogen-bond donors (Lipinski definition) is 1. The van der Waals surface area contributed by atoms with Crippen LogP contribution in [0.4, 0.5) is 0 Å². The number of rotatable bonds is 8. The van der Waals surface area contributed by atoms with Crippen LogP contribution in [-0.4, -0.2) is 17.5 Å². The molecule has 0 aliphatic heterocycles. The molecule has 0 aliphatic rings. The largest absolute Gasteiger partial charge is 0.508 e. The van der Waals surface area contributed by atoms with Crippen LogP contribution in [0, 0.1) is 0 Å². The minimum absolute atomic E-state index is 0.000850. The number of hydrogen-bond acceptors (Lipinski definition) is 3. The molecule has 2 aromatic carbocycles. The molecule has 25 heavy (non-hydrogen) atoms. The number of aliphatic hydroxyl groups is 1. The summed E-state index contributed by atoms with van der Waals surface area (Å²) in [5.74, 6) is 1.03. The minimum atomic E-state index is -0.0521. The third kappa shape index (κ3) is 5.20. The number of halogens is 1. The van der Waals surface area contributed by atoms with Crippen LogP contribution in [0.5, 0.6) is 5.75 Å². The van der Waals surface area contributed by atoms with Crippen LogP contribution >= 0.6 is 15.9 Å². The summed E-state index contributed by atoms with van der Waals surface area (Å²) in [5, 5.41) is 9.72. The molecule has 0 fully saturated rings. The highest BCUT2D eigenvalue weighted by atomic mass is 79.9. The summed E-state index contributed by atoms with van der Waals surface area (Å²) < 4.78 is 6.60. The molecular weight excluding hydrogens is 380 g/mol. The smallest absolute Gasteiger partial charge is 0.174 e. The fraction of sp³-hybridized carbons (Fsp3) is 0.286. The van der Waals surface area contributed by atoms with Crippen molar-refractivity contribution < 1.29 is 14.6 Å². The van der Waals surface area contributed by atoms with Crippen molar-refractivity contribution in [3.63, 3.8) is 0 Å². The average molecular weight is 403 g/mol. The van der Waals surface area contributed by atoms with E-state index in [1.807, 2.05) is 36.4 Å². The monoisotopic (exact) mass is 402 g/mol. The molecule has 0 saturated carbocycles. The van der Waals surface area contributed by atoms with E-state index in [4.69, 9.17) is 4.74 Å². The predicted octanol–water partition coefficient (Wildman–Crippen LogP) is 5.68. The van der Waals surface area contributed by atoms with Gasteiger partial charge in [0.15, 0.2) is 5.78 Å². The summed E-state index contributed by atoms with van der Waals surface area (Å²) in [7, 11) is 0. The van der Waals surface area contributed by atoms with Gasteiger partial charge >= 0.3 is 0 Å². The van der Waals surface area contributed by atoms with E-state index >= 15 is 0 Å². The Morgan fingerprint density at radius 2 is 2.00 bits per heavy atom. The van der Waals surface area contributed by atoms with E-state index in [0.717, 1.165) is 27.8 Å². The van der Waals surface area contributed by atoms with Crippen LogP contribution in [0.1, 0.15) is 42.9 Å². The third-order valence-electron chi connectivity index (χ3n) is 4.22. The molecule has 0 amide bonds. The second-order valence-electron chi connectivity index (χ2n) is 6.10. The van der Waals surface area contributed by atoms with Gasteiger partial charge in [-0.15, -0.1) is 0 Å². The maximum atomic E-state index is 12.3. The Balaban J connectivity index is 2.07. The van der Waals surface area contributed by atoms with Gasteiger partial charge in [0.1, 0.15) is 18.1 Å². The molecule has 0 radical (unpaired) electrons. The van der Waals surface area contributed by atoms with E-state index in [2.05, 4.69) is 36.4 Å². The first-order valence-electron chi connectivity index (χ1n) is 8.32. The number of ether oxygens (including phenoxy) is 1. The van der Waals surface area contributed by atoms with Crippen molar-refractivity contribution in [3.8, 4) is 5.75 Å². The van der Waals surface area contributed by atoms with Gasteiger partial charge in [0.05, 0.1) is 0 Å². The van der Waals surface area contributed by atoms with Crippen molar-refractivity contribution in [2.75, 3.05) is 6.61 Å². The van der Waals surface area contributed by atoms with Crippen molar-refractivity contribution in [2.24, 2.45) is 0 Å². The summed E-state index contributed by atoms with van der Waals surface area (Å²) in [6.07, 6.45) is 1.20. The number of benzene rings is 2. The zero-order chi connectivity index (χ0) is 18.4. The molecule has 3 nitrogen and oxygen atoms in total. The number of Topliss-reactive ketones (excluding diaryl/α,β-unsaturated/α-hetero) is 1. The molecule has 0 bridgehead atoms. The van der Waals surface area contributed by atoms with Crippen molar-refractivity contribution in [2.45, 2.75) is 32.6 Å². The molecule has 0 heterocycles. The van der Waals surface area contributed by atoms with Crippen molar-refractivity contribution in [1.82, 2.24) is 0 Å². The first-order valence-corrected chi connectivity index (χ1v) is 9.11. The standard InChI is InChI=1S/C21H23BrO3/c1-4-14(2)19-7-5-6-8-21(19)25-13-18(24)11-16-9-10-17(22)12-20(16)15(3)23/h5-10,12,14,23H,3-4,11,13H2,1-2H3. The second-order valence-corrected chi connectivity index (χ2v) is 7.02. The summed E-state index contributed by atoms with van der Waals surface area (Å²) in [6.45, 7) is 7.83. The topological polar surface area (TPSA) is 46.5 Å². The molecule has 0 aromatic heterocycles. The highest BCUT2D eigenvalue weighted by Crippen LogP contribution is 2.28. The molecule has 1 N–H and O–H groups in total. The SMILES string of the molecule is C=C(O)c1cc(Br)ccc1CC(=O)COc1ccccc1C(C)CC. The molecule has 1 atom stereocenters. The van der Waals surface area contributed by atoms with Gasteiger partial charge in [0, 0.05) is 16.5 Å². The Bertz CT molecular complexity index is 767. The lowest BCUT2D eigenvalue weighted by atomic mass is 9.98. The molecule has 1 unspecified atom stereocenters. The Kier molecular flexibility index (Phi) is 6.82. The van der Waals surface area contributed by atoms with Gasteiger partial charge in [-0.3, -0.25) is 4.79 Å². The van der Waals surface area contributed by atoms with Crippen molar-refractivity contribution in [3.05, 3.63) is 70.2 Å². The van der Waals surface area contributed by atoms with Crippen LogP contribution in [0.3, 0.4) is 0 Å². The normalized spacial score (nSPS) is 11.8. The first-order chi connectivity index (χ1) is 11.9. The Morgan fingerprint density at radius 3 is 2.68 bits per heavy atom. The first kappa shape index (κ1) is 19.3. The van der Waals surface area contributed by atoms with Gasteiger partial charge in [-0.25, -0.2) is 0 Å². The summed E-state index contributed by atoms with van der Waals surface area (Å²) in [4.78, 5) is 12.3. The number of aliphatic hydroxyl groups excluding tert-OH is 1. The minimum Gasteiger partial charge on any atom is -0.508 e. The lowest BCUT2D eigenvalue weighted by molar-refractivity contribution is -0.120. The molecule has 0 spiro atoms. The molecular formula is C21H23BrO3. The predicted molar refractivity (Wildman–Crippen MR) is 105 cm³/mol. The van der Waals surface area contributed by atoms with Crippen molar-refractivity contribution in [1.29, 1.82) is 0 Å². The van der Waals surface area contributed by atoms with Crippen LogP contribution < -0.4 is 4.74 Å². The average Bonchev–Trinajstić information content (AvgIpc) is 2.61.